The monoisotopic (exact) mass is 281 g/mol. The minimum atomic E-state index is -3.11. The van der Waals surface area contributed by atoms with E-state index in [0.29, 0.717) is 0 Å². The van der Waals surface area contributed by atoms with Crippen molar-refractivity contribution in [3.05, 3.63) is 18.6 Å². The third-order valence-corrected chi connectivity index (χ3v) is 3.98. The number of hydrogen-bond acceptors (Lipinski definition) is 5. The lowest BCUT2D eigenvalue weighted by Gasteiger charge is -2.36. The molecule has 2 aromatic rings. The summed E-state index contributed by atoms with van der Waals surface area (Å²) in [6.07, 6.45) is 6.04. The van der Waals surface area contributed by atoms with Crippen LogP contribution in [-0.4, -0.2) is 41.7 Å². The van der Waals surface area contributed by atoms with Crippen LogP contribution in [0.2, 0.25) is 0 Å². The first-order valence-corrected chi connectivity index (χ1v) is 7.92. The Morgan fingerprint density at radius 2 is 2.11 bits per heavy atom. The quantitative estimate of drug-likeness (QED) is 0.755. The minimum absolute atomic E-state index is 0.0241. The van der Waals surface area contributed by atoms with Crippen LogP contribution in [0.1, 0.15) is 12.8 Å². The summed E-state index contributed by atoms with van der Waals surface area (Å²) in [5, 5.41) is 4.26. The van der Waals surface area contributed by atoms with E-state index in [-0.39, 0.29) is 12.1 Å². The van der Waals surface area contributed by atoms with Gasteiger partial charge in [0.1, 0.15) is 17.8 Å². The molecule has 1 aliphatic carbocycles. The van der Waals surface area contributed by atoms with E-state index in [1.807, 2.05) is 12.3 Å². The number of nitrogens with one attached hydrogen (secondary N) is 3. The zero-order valence-corrected chi connectivity index (χ0v) is 11.2. The van der Waals surface area contributed by atoms with Gasteiger partial charge in [-0.1, -0.05) is 0 Å². The summed E-state index contributed by atoms with van der Waals surface area (Å²) in [7, 11) is -3.11. The molecule has 1 saturated carbocycles. The number of hydrogen-bond donors (Lipinski definition) is 3. The number of sulfonamides is 1. The summed E-state index contributed by atoms with van der Waals surface area (Å²) in [5.74, 6) is 0.786. The molecule has 2 heterocycles. The molecule has 0 unspecified atom stereocenters. The smallest absolute Gasteiger partial charge is 0.208 e. The molecule has 0 spiro atoms. The maximum atomic E-state index is 11.1. The summed E-state index contributed by atoms with van der Waals surface area (Å²) < 4.78 is 24.8. The molecule has 2 aromatic heterocycles. The maximum absolute atomic E-state index is 11.1. The number of rotatable bonds is 4. The molecule has 0 atom stereocenters. The van der Waals surface area contributed by atoms with Crippen LogP contribution in [0, 0.1) is 0 Å². The van der Waals surface area contributed by atoms with Gasteiger partial charge in [0.05, 0.1) is 11.6 Å². The van der Waals surface area contributed by atoms with Crippen LogP contribution in [0.3, 0.4) is 0 Å². The van der Waals surface area contributed by atoms with Crippen molar-refractivity contribution in [2.24, 2.45) is 0 Å². The van der Waals surface area contributed by atoms with Crippen LogP contribution in [0.25, 0.3) is 11.0 Å². The highest BCUT2D eigenvalue weighted by Crippen LogP contribution is 2.26. The number of fused-ring (bicyclic) bond motifs is 1. The standard InChI is InChI=1S/C11H15N5O2S/c1-19(17,18)16-8-4-7(5-8)15-11-9-2-3-12-10(9)13-6-14-11/h2-3,6-8,16H,4-5H2,1H3,(H2,12,13,14,15). The molecular weight excluding hydrogens is 266 g/mol. The molecule has 19 heavy (non-hydrogen) atoms. The predicted octanol–water partition coefficient (Wildman–Crippen LogP) is 0.450. The normalized spacial score (nSPS) is 23.2. The third kappa shape index (κ3) is 2.69. The van der Waals surface area contributed by atoms with Crippen molar-refractivity contribution in [3.8, 4) is 0 Å². The van der Waals surface area contributed by atoms with Crippen molar-refractivity contribution in [2.75, 3.05) is 11.6 Å². The van der Waals surface area contributed by atoms with E-state index >= 15 is 0 Å². The van der Waals surface area contributed by atoms with Crippen LogP contribution in [-0.2, 0) is 10.0 Å². The zero-order valence-electron chi connectivity index (χ0n) is 10.4. The van der Waals surface area contributed by atoms with Gasteiger partial charge in [-0.2, -0.15) is 0 Å². The Labute approximate surface area is 110 Å². The molecule has 0 aromatic carbocycles. The van der Waals surface area contributed by atoms with E-state index in [4.69, 9.17) is 0 Å². The van der Waals surface area contributed by atoms with Gasteiger partial charge in [0.2, 0.25) is 10.0 Å². The zero-order chi connectivity index (χ0) is 13.5. The van der Waals surface area contributed by atoms with E-state index in [9.17, 15) is 8.42 Å². The molecule has 1 aliphatic rings. The fraction of sp³-hybridized carbons (Fsp3) is 0.455. The second-order valence-electron chi connectivity index (χ2n) is 4.86. The Hall–Kier alpha value is -1.67. The van der Waals surface area contributed by atoms with E-state index < -0.39 is 10.0 Å². The van der Waals surface area contributed by atoms with E-state index in [1.165, 1.54) is 12.6 Å². The lowest BCUT2D eigenvalue weighted by molar-refractivity contribution is 0.346. The Bertz CT molecular complexity index is 690. The molecule has 102 valence electrons. The van der Waals surface area contributed by atoms with Gasteiger partial charge in [-0.25, -0.2) is 23.1 Å². The van der Waals surface area contributed by atoms with Gasteiger partial charge in [0, 0.05) is 18.3 Å². The highest BCUT2D eigenvalue weighted by Gasteiger charge is 2.31. The second-order valence-corrected chi connectivity index (χ2v) is 6.64. The molecule has 0 amide bonds. The van der Waals surface area contributed by atoms with Crippen molar-refractivity contribution in [3.63, 3.8) is 0 Å². The molecule has 3 rings (SSSR count). The fourth-order valence-electron chi connectivity index (χ4n) is 2.32. The molecule has 0 aliphatic heterocycles. The lowest BCUT2D eigenvalue weighted by atomic mass is 9.87. The maximum Gasteiger partial charge on any atom is 0.208 e. The molecule has 7 nitrogen and oxygen atoms in total. The van der Waals surface area contributed by atoms with E-state index in [1.54, 1.807) is 0 Å². The van der Waals surface area contributed by atoms with Crippen molar-refractivity contribution in [2.45, 2.75) is 24.9 Å². The minimum Gasteiger partial charge on any atom is -0.367 e. The first-order chi connectivity index (χ1) is 9.01. The van der Waals surface area contributed by atoms with Crippen LogP contribution in [0.15, 0.2) is 18.6 Å². The molecule has 1 fully saturated rings. The molecule has 0 radical (unpaired) electrons. The summed E-state index contributed by atoms with van der Waals surface area (Å²) in [6, 6.07) is 2.19. The van der Waals surface area contributed by atoms with Crippen LogP contribution >= 0.6 is 0 Å². The Balaban J connectivity index is 1.64. The molecule has 0 bridgehead atoms. The van der Waals surface area contributed by atoms with Crippen molar-refractivity contribution < 1.29 is 8.42 Å². The van der Waals surface area contributed by atoms with Crippen LogP contribution in [0.4, 0.5) is 5.82 Å². The first-order valence-electron chi connectivity index (χ1n) is 6.03. The van der Waals surface area contributed by atoms with Crippen LogP contribution in [0.5, 0.6) is 0 Å². The highest BCUT2D eigenvalue weighted by atomic mass is 32.2. The Morgan fingerprint density at radius 3 is 2.84 bits per heavy atom. The molecule has 0 saturated heterocycles. The van der Waals surface area contributed by atoms with Crippen molar-refractivity contribution in [1.29, 1.82) is 0 Å². The van der Waals surface area contributed by atoms with Gasteiger partial charge in [0.15, 0.2) is 0 Å². The number of aromatic nitrogens is 3. The molecular formula is C11H15N5O2S. The summed E-state index contributed by atoms with van der Waals surface area (Å²) in [5.41, 5.74) is 0.794. The summed E-state index contributed by atoms with van der Waals surface area (Å²) in [6.45, 7) is 0. The predicted molar refractivity (Wildman–Crippen MR) is 72.3 cm³/mol. The number of anilines is 1. The van der Waals surface area contributed by atoms with Gasteiger partial charge in [0.25, 0.3) is 0 Å². The second kappa shape index (κ2) is 4.46. The third-order valence-electron chi connectivity index (χ3n) is 3.21. The fourth-order valence-corrected chi connectivity index (χ4v) is 3.11. The van der Waals surface area contributed by atoms with E-state index in [2.05, 4.69) is 25.0 Å². The topological polar surface area (TPSA) is 99.8 Å². The molecule has 3 N–H and O–H groups in total. The Morgan fingerprint density at radius 1 is 1.32 bits per heavy atom. The van der Waals surface area contributed by atoms with E-state index in [0.717, 1.165) is 29.7 Å². The molecule has 8 heteroatoms. The van der Waals surface area contributed by atoms with Gasteiger partial charge < -0.3 is 10.3 Å². The number of H-pyrrole nitrogens is 1. The van der Waals surface area contributed by atoms with Gasteiger partial charge in [-0.05, 0) is 18.9 Å². The lowest BCUT2D eigenvalue weighted by Crippen LogP contribution is -2.49. The number of nitrogens with zero attached hydrogens (tertiary/aromatic N) is 2. The first kappa shape index (κ1) is 12.4. The number of aromatic amines is 1. The van der Waals surface area contributed by atoms with Crippen molar-refractivity contribution in [1.82, 2.24) is 19.7 Å². The van der Waals surface area contributed by atoms with Crippen LogP contribution < -0.4 is 10.0 Å². The summed E-state index contributed by atoms with van der Waals surface area (Å²) >= 11 is 0. The largest absolute Gasteiger partial charge is 0.367 e. The average molecular weight is 281 g/mol. The SMILES string of the molecule is CS(=O)(=O)NC1CC(Nc2ncnc3[nH]ccc23)C1. The van der Waals surface area contributed by atoms with Gasteiger partial charge in [-0.3, -0.25) is 0 Å². The van der Waals surface area contributed by atoms with Crippen molar-refractivity contribution >= 4 is 26.9 Å². The summed E-state index contributed by atoms with van der Waals surface area (Å²) in [4.78, 5) is 11.4. The van der Waals surface area contributed by atoms with Gasteiger partial charge in [-0.15, -0.1) is 0 Å². The Kier molecular flexibility index (Phi) is 2.90. The average Bonchev–Trinajstić information content (AvgIpc) is 2.73. The van der Waals surface area contributed by atoms with Gasteiger partial charge >= 0.3 is 0 Å². The highest BCUT2D eigenvalue weighted by molar-refractivity contribution is 7.88.